The Labute approximate surface area is 141 Å². The van der Waals surface area contributed by atoms with E-state index in [1.54, 1.807) is 6.20 Å². The molecule has 4 rings (SSSR count). The number of ether oxygens (including phenoxy) is 2. The first kappa shape index (κ1) is 15.6. The summed E-state index contributed by atoms with van der Waals surface area (Å²) in [6.07, 6.45) is 6.56. The van der Waals surface area contributed by atoms with Gasteiger partial charge in [0.05, 0.1) is 19.6 Å². The summed E-state index contributed by atoms with van der Waals surface area (Å²) in [4.78, 5) is 22.2. The minimum Gasteiger partial charge on any atom is -0.460 e. The average molecular weight is 332 g/mol. The van der Waals surface area contributed by atoms with Crippen molar-refractivity contribution in [2.75, 3.05) is 31.1 Å². The fraction of sp³-hybridized carbons (Fsp3) is 0.706. The number of rotatable bonds is 3. The second-order valence-corrected chi connectivity index (χ2v) is 7.30. The largest absolute Gasteiger partial charge is 0.460 e. The zero-order chi connectivity index (χ0) is 16.6. The van der Waals surface area contributed by atoms with Crippen LogP contribution in [0.4, 0.5) is 5.82 Å². The summed E-state index contributed by atoms with van der Waals surface area (Å²) in [6.45, 7) is 4.46. The quantitative estimate of drug-likeness (QED) is 0.894. The Morgan fingerprint density at radius 2 is 2.12 bits per heavy atom. The molecular weight excluding hydrogens is 308 g/mol. The van der Waals surface area contributed by atoms with Crippen molar-refractivity contribution in [3.05, 3.63) is 12.3 Å². The molecule has 0 bridgehead atoms. The summed E-state index contributed by atoms with van der Waals surface area (Å²) >= 11 is 0. The van der Waals surface area contributed by atoms with Crippen LogP contribution in [0.2, 0.25) is 0 Å². The van der Waals surface area contributed by atoms with Crippen molar-refractivity contribution in [1.82, 2.24) is 15.3 Å². The number of nitrogens with zero attached hydrogens (tertiary/aromatic N) is 3. The summed E-state index contributed by atoms with van der Waals surface area (Å²) in [5.41, 5.74) is -0.264. The number of carbonyl (C=O) groups is 1. The van der Waals surface area contributed by atoms with Gasteiger partial charge in [0.25, 0.3) is 0 Å². The van der Waals surface area contributed by atoms with Crippen LogP contribution in [0.15, 0.2) is 12.3 Å². The molecule has 0 radical (unpaired) electrons. The van der Waals surface area contributed by atoms with Crippen molar-refractivity contribution < 1.29 is 14.3 Å². The SMILES string of the molecule is CC1CCC(Oc2nccc(N3CC4(CNC(=O)CO4)C3)n2)CC1. The van der Waals surface area contributed by atoms with Gasteiger partial charge in [-0.05, 0) is 37.7 Å². The fourth-order valence-corrected chi connectivity index (χ4v) is 3.66. The Morgan fingerprint density at radius 1 is 1.33 bits per heavy atom. The molecule has 1 aromatic heterocycles. The highest BCUT2D eigenvalue weighted by molar-refractivity contribution is 5.78. The summed E-state index contributed by atoms with van der Waals surface area (Å²) < 4.78 is 11.7. The standard InChI is InChI=1S/C17H24N4O3/c1-12-2-4-13(5-3-12)24-16-18-7-6-14(20-16)21-10-17(11-21)9-19-15(22)8-23-17/h6-7,12-13H,2-5,8-11H2,1H3,(H,19,22). The van der Waals surface area contributed by atoms with Gasteiger partial charge in [-0.2, -0.15) is 4.98 Å². The maximum absolute atomic E-state index is 11.2. The molecule has 2 aliphatic heterocycles. The van der Waals surface area contributed by atoms with E-state index in [1.165, 1.54) is 12.8 Å². The summed E-state index contributed by atoms with van der Waals surface area (Å²) in [6, 6.07) is 2.36. The third kappa shape index (κ3) is 3.17. The zero-order valence-corrected chi connectivity index (χ0v) is 14.0. The first-order valence-electron chi connectivity index (χ1n) is 8.77. The lowest BCUT2D eigenvalue weighted by Gasteiger charge is -2.51. The van der Waals surface area contributed by atoms with Gasteiger partial charge >= 0.3 is 6.01 Å². The molecule has 0 atom stereocenters. The summed E-state index contributed by atoms with van der Waals surface area (Å²) in [7, 11) is 0. The molecular formula is C17H24N4O3. The van der Waals surface area contributed by atoms with E-state index < -0.39 is 0 Å². The molecule has 0 aromatic carbocycles. The van der Waals surface area contributed by atoms with Gasteiger partial charge in [0, 0.05) is 6.20 Å². The van der Waals surface area contributed by atoms with Crippen LogP contribution in [-0.2, 0) is 9.53 Å². The second-order valence-electron chi connectivity index (χ2n) is 7.30. The number of morpholine rings is 1. The van der Waals surface area contributed by atoms with Crippen molar-refractivity contribution in [2.24, 2.45) is 5.92 Å². The van der Waals surface area contributed by atoms with Crippen LogP contribution in [0, 0.1) is 5.92 Å². The van der Waals surface area contributed by atoms with Gasteiger partial charge in [0.15, 0.2) is 0 Å². The van der Waals surface area contributed by atoms with E-state index in [9.17, 15) is 4.79 Å². The van der Waals surface area contributed by atoms with Crippen LogP contribution >= 0.6 is 0 Å². The number of carbonyl (C=O) groups excluding carboxylic acids is 1. The van der Waals surface area contributed by atoms with Gasteiger partial charge in [0.1, 0.15) is 24.1 Å². The number of aromatic nitrogens is 2. The van der Waals surface area contributed by atoms with Gasteiger partial charge in [-0.15, -0.1) is 0 Å². The molecule has 1 aliphatic carbocycles. The Bertz CT molecular complexity index is 598. The first-order valence-corrected chi connectivity index (χ1v) is 8.77. The smallest absolute Gasteiger partial charge is 0.318 e. The Morgan fingerprint density at radius 3 is 2.83 bits per heavy atom. The van der Waals surface area contributed by atoms with E-state index in [-0.39, 0.29) is 24.2 Å². The molecule has 1 aromatic rings. The Kier molecular flexibility index (Phi) is 4.04. The van der Waals surface area contributed by atoms with Crippen molar-refractivity contribution in [1.29, 1.82) is 0 Å². The molecule has 1 spiro atoms. The molecule has 130 valence electrons. The molecule has 24 heavy (non-hydrogen) atoms. The maximum atomic E-state index is 11.2. The first-order chi connectivity index (χ1) is 11.6. The average Bonchev–Trinajstić information content (AvgIpc) is 2.56. The lowest BCUT2D eigenvalue weighted by molar-refractivity contribution is -0.146. The van der Waals surface area contributed by atoms with Gasteiger partial charge in [-0.1, -0.05) is 6.92 Å². The van der Waals surface area contributed by atoms with E-state index in [1.807, 2.05) is 6.07 Å². The van der Waals surface area contributed by atoms with Crippen LogP contribution < -0.4 is 15.0 Å². The van der Waals surface area contributed by atoms with Crippen LogP contribution in [0.25, 0.3) is 0 Å². The van der Waals surface area contributed by atoms with E-state index in [0.717, 1.165) is 37.7 Å². The molecule has 3 aliphatic rings. The molecule has 2 saturated heterocycles. The predicted octanol–water partition coefficient (Wildman–Crippen LogP) is 1.14. The third-order valence-corrected chi connectivity index (χ3v) is 5.25. The van der Waals surface area contributed by atoms with Gasteiger partial charge in [-0.3, -0.25) is 4.79 Å². The Balaban J connectivity index is 1.35. The molecule has 1 saturated carbocycles. The molecule has 1 amide bonds. The number of hydrogen-bond acceptors (Lipinski definition) is 6. The van der Waals surface area contributed by atoms with Gasteiger partial charge in [-0.25, -0.2) is 4.98 Å². The number of anilines is 1. The Hall–Kier alpha value is -1.89. The third-order valence-electron chi connectivity index (χ3n) is 5.25. The van der Waals surface area contributed by atoms with Crippen LogP contribution in [-0.4, -0.2) is 53.8 Å². The van der Waals surface area contributed by atoms with E-state index in [2.05, 4.69) is 27.1 Å². The molecule has 7 heteroatoms. The lowest BCUT2D eigenvalue weighted by atomic mass is 9.89. The van der Waals surface area contributed by atoms with Crippen LogP contribution in [0.1, 0.15) is 32.6 Å². The zero-order valence-electron chi connectivity index (χ0n) is 14.0. The second kappa shape index (κ2) is 6.20. The van der Waals surface area contributed by atoms with Crippen molar-refractivity contribution in [2.45, 2.75) is 44.3 Å². The molecule has 3 fully saturated rings. The van der Waals surface area contributed by atoms with E-state index in [4.69, 9.17) is 9.47 Å². The van der Waals surface area contributed by atoms with Gasteiger partial charge in [0.2, 0.25) is 5.91 Å². The highest BCUT2D eigenvalue weighted by Crippen LogP contribution is 2.31. The number of amides is 1. The van der Waals surface area contributed by atoms with E-state index >= 15 is 0 Å². The highest BCUT2D eigenvalue weighted by atomic mass is 16.5. The lowest BCUT2D eigenvalue weighted by Crippen LogP contribution is -2.70. The molecule has 7 nitrogen and oxygen atoms in total. The minimum atomic E-state index is -0.264. The maximum Gasteiger partial charge on any atom is 0.318 e. The molecule has 3 heterocycles. The van der Waals surface area contributed by atoms with Crippen molar-refractivity contribution >= 4 is 11.7 Å². The van der Waals surface area contributed by atoms with Crippen LogP contribution in [0.3, 0.4) is 0 Å². The monoisotopic (exact) mass is 332 g/mol. The number of hydrogen-bond donors (Lipinski definition) is 1. The summed E-state index contributed by atoms with van der Waals surface area (Å²) in [5, 5.41) is 2.87. The van der Waals surface area contributed by atoms with Crippen LogP contribution in [0.5, 0.6) is 6.01 Å². The number of nitrogens with one attached hydrogen (secondary N) is 1. The molecule has 0 unspecified atom stereocenters. The van der Waals surface area contributed by atoms with Gasteiger partial charge < -0.3 is 19.7 Å². The minimum absolute atomic E-state index is 0.0430. The molecule has 1 N–H and O–H groups in total. The van der Waals surface area contributed by atoms with Crippen molar-refractivity contribution in [3.8, 4) is 6.01 Å². The topological polar surface area (TPSA) is 76.6 Å². The van der Waals surface area contributed by atoms with E-state index in [0.29, 0.717) is 12.6 Å². The normalized spacial score (nSPS) is 29.0. The fourth-order valence-electron chi connectivity index (χ4n) is 3.66. The van der Waals surface area contributed by atoms with Crippen molar-refractivity contribution in [3.63, 3.8) is 0 Å². The summed E-state index contributed by atoms with van der Waals surface area (Å²) in [5.74, 6) is 1.61. The highest BCUT2D eigenvalue weighted by Gasteiger charge is 2.47. The predicted molar refractivity (Wildman–Crippen MR) is 88.0 cm³/mol.